The summed E-state index contributed by atoms with van der Waals surface area (Å²) in [5.74, 6) is 0. The van der Waals surface area contributed by atoms with E-state index in [4.69, 9.17) is 5.53 Å². The number of nitrogens with zero attached hydrogens (tertiary/aromatic N) is 2. The van der Waals surface area contributed by atoms with Gasteiger partial charge >= 0.3 is 7.91 Å². The Morgan fingerprint density at radius 2 is 1.35 bits per heavy atom. The van der Waals surface area contributed by atoms with Gasteiger partial charge in [-0.2, -0.15) is 4.57 Å². The quantitative estimate of drug-likeness (QED) is 0.833. The lowest BCUT2D eigenvalue weighted by molar-refractivity contribution is -0.977. The molecular weight excluding hydrogens is 284 g/mol. The highest BCUT2D eigenvalue weighted by molar-refractivity contribution is 7.48. The number of anilines is 2. The summed E-state index contributed by atoms with van der Waals surface area (Å²) in [5.41, 5.74) is 10.00. The Morgan fingerprint density at radius 3 is 1.60 bits per heavy atom. The van der Waals surface area contributed by atoms with Crippen LogP contribution in [0.15, 0.2) is 60.7 Å². The van der Waals surface area contributed by atoms with E-state index in [0.29, 0.717) is 0 Å². The molecule has 8 heteroatoms. The molecule has 0 spiro atoms. The number of benzene rings is 2. The highest BCUT2D eigenvalue weighted by Crippen LogP contribution is 2.57. The van der Waals surface area contributed by atoms with Gasteiger partial charge in [0.25, 0.3) is 0 Å². The number of nitrogens with one attached hydrogen (secondary N) is 1. The molecule has 0 saturated carbocycles. The molecule has 0 amide bonds. The number of hydrogen-bond acceptors (Lipinski definition) is 4. The van der Waals surface area contributed by atoms with Crippen LogP contribution < -0.4 is 5.32 Å². The van der Waals surface area contributed by atoms with Crippen LogP contribution >= 0.6 is 7.91 Å². The first-order valence-electron chi connectivity index (χ1n) is 5.60. The van der Waals surface area contributed by atoms with Crippen molar-refractivity contribution in [2.24, 2.45) is 0 Å². The second-order valence-electron chi connectivity index (χ2n) is 3.69. The molecule has 0 aromatic heterocycles. The normalized spacial score (nSPS) is 14.8. The molecule has 104 valence electrons. The predicted molar refractivity (Wildman–Crippen MR) is 70.7 cm³/mol. The number of halogens is 1. The Kier molecular flexibility index (Phi) is 4.32. The molecule has 0 aliphatic carbocycles. The zero-order valence-corrected chi connectivity index (χ0v) is 11.1. The first kappa shape index (κ1) is 14.0. The molecule has 6 nitrogen and oxygen atoms in total. The molecular formula is C12H11FN3O3P. The predicted octanol–water partition coefficient (Wildman–Crippen LogP) is 4.41. The summed E-state index contributed by atoms with van der Waals surface area (Å²) in [6, 6.07) is 20.3. The minimum absolute atomic E-state index is 0.305. The van der Waals surface area contributed by atoms with Gasteiger partial charge in [0, 0.05) is 11.4 Å². The van der Waals surface area contributed by atoms with Crippen LogP contribution in [-0.4, -0.2) is 5.02 Å². The molecule has 3 rings (SSSR count). The van der Waals surface area contributed by atoms with Crippen LogP contribution in [0.5, 0.6) is 0 Å². The molecule has 1 saturated heterocycles. The van der Waals surface area contributed by atoms with Crippen LogP contribution in [-0.2, 0) is 13.8 Å². The number of hydrogen-bond donors (Lipinski definition) is 1. The second-order valence-corrected chi connectivity index (χ2v) is 4.88. The van der Waals surface area contributed by atoms with Gasteiger partial charge in [-0.05, 0) is 24.3 Å². The van der Waals surface area contributed by atoms with Gasteiger partial charge in [-0.15, -0.1) is 4.20 Å². The molecule has 0 bridgehead atoms. The molecule has 0 radical (unpaired) electrons. The van der Waals surface area contributed by atoms with Gasteiger partial charge in [-0.25, -0.2) is 0 Å². The van der Waals surface area contributed by atoms with Crippen LogP contribution in [0, 0.1) is 0 Å². The monoisotopic (exact) mass is 295 g/mol. The maximum Gasteiger partial charge on any atom is 0.741 e. The van der Waals surface area contributed by atoms with Gasteiger partial charge in [0.15, 0.2) is 0 Å². The lowest BCUT2D eigenvalue weighted by Gasteiger charge is -2.09. The van der Waals surface area contributed by atoms with Gasteiger partial charge in [-0.3, -0.25) is 0 Å². The molecule has 0 atom stereocenters. The average molecular weight is 295 g/mol. The fraction of sp³-hybridized carbons (Fsp3) is 0. The highest BCUT2D eigenvalue weighted by atomic mass is 31.2. The van der Waals surface area contributed by atoms with Crippen molar-refractivity contribution < 1.29 is 23.0 Å². The summed E-state index contributed by atoms with van der Waals surface area (Å²) < 4.78 is 27.7. The minimum Gasteiger partial charge on any atom is -0.390 e. The summed E-state index contributed by atoms with van der Waals surface area (Å²) in [7, 11) is -4.35. The van der Waals surface area contributed by atoms with E-state index in [-0.39, 0.29) is 5.02 Å². The largest absolute Gasteiger partial charge is 0.741 e. The molecule has 1 aliphatic heterocycles. The third kappa shape index (κ3) is 4.37. The summed E-state index contributed by atoms with van der Waals surface area (Å²) in [5, 5.41) is 3.00. The Labute approximate surface area is 114 Å². The lowest BCUT2D eigenvalue weighted by Crippen LogP contribution is -2.15. The van der Waals surface area contributed by atoms with E-state index in [1.54, 1.807) is 0 Å². The lowest BCUT2D eigenvalue weighted by atomic mass is 10.3. The smallest absolute Gasteiger partial charge is 0.390 e. The highest BCUT2D eigenvalue weighted by Gasteiger charge is 2.50. The van der Waals surface area contributed by atoms with Crippen molar-refractivity contribution in [2.45, 2.75) is 0 Å². The second kappa shape index (κ2) is 6.16. The summed E-state index contributed by atoms with van der Waals surface area (Å²) in [6.07, 6.45) is 0. The van der Waals surface area contributed by atoms with E-state index in [1.165, 1.54) is 0 Å². The molecule has 1 heterocycles. The van der Waals surface area contributed by atoms with Gasteiger partial charge in [0.05, 0.1) is 0 Å². The van der Waals surface area contributed by atoms with Crippen LogP contribution in [0.3, 0.4) is 0 Å². The Hall–Kier alpha value is -2.40. The van der Waals surface area contributed by atoms with E-state index in [2.05, 4.69) is 14.6 Å². The minimum atomic E-state index is -4.35. The standard InChI is InChI=1S/C12H11N.FN2O3P/c1-3-7-11(8-4-1)13-12-9-5-2-6-10-12;1-7(4)5-3(2)6-7/h1-10,13H;. The third-order valence-corrected chi connectivity index (χ3v) is 2.84. The van der Waals surface area contributed by atoms with Crippen molar-refractivity contribution in [2.75, 3.05) is 5.32 Å². The Balaban J connectivity index is 0.000000178. The first-order chi connectivity index (χ1) is 9.55. The molecule has 1 fully saturated rings. The van der Waals surface area contributed by atoms with Gasteiger partial charge in [-0.1, -0.05) is 45.6 Å². The van der Waals surface area contributed by atoms with E-state index >= 15 is 0 Å². The zero-order chi connectivity index (χ0) is 14.4. The van der Waals surface area contributed by atoms with E-state index < -0.39 is 7.91 Å². The Bertz CT molecular complexity index is 575. The van der Waals surface area contributed by atoms with Crippen LogP contribution in [0.25, 0.3) is 5.53 Å². The van der Waals surface area contributed by atoms with Crippen molar-refractivity contribution in [3.05, 3.63) is 66.2 Å². The number of para-hydroxylation sites is 2. The zero-order valence-electron chi connectivity index (χ0n) is 10.2. The van der Waals surface area contributed by atoms with Gasteiger partial charge < -0.3 is 10.8 Å². The molecule has 20 heavy (non-hydrogen) atoms. The molecule has 1 N–H and O–H groups in total. The van der Waals surface area contributed by atoms with Crippen molar-refractivity contribution in [1.82, 2.24) is 0 Å². The topological polar surface area (TPSA) is 72.9 Å². The van der Waals surface area contributed by atoms with E-state index in [1.807, 2.05) is 60.7 Å². The van der Waals surface area contributed by atoms with Crippen molar-refractivity contribution in [3.63, 3.8) is 0 Å². The maximum absolute atomic E-state index is 11.4. The van der Waals surface area contributed by atoms with Crippen LogP contribution in [0.1, 0.15) is 0 Å². The molecule has 0 unspecified atom stereocenters. The van der Waals surface area contributed by atoms with Crippen molar-refractivity contribution in [1.29, 1.82) is 0 Å². The first-order valence-corrected chi connectivity index (χ1v) is 7.04. The number of rotatable bonds is 2. The molecule has 2 aromatic carbocycles. The third-order valence-electron chi connectivity index (χ3n) is 2.17. The SMILES string of the molecule is [N-]=[N+]1OP(=O)(F)O1.c1ccc(Nc2ccccc2)cc1. The average Bonchev–Trinajstić information content (AvgIpc) is 2.40. The van der Waals surface area contributed by atoms with E-state index in [9.17, 15) is 8.76 Å². The summed E-state index contributed by atoms with van der Waals surface area (Å²) >= 11 is 0. The van der Waals surface area contributed by atoms with Crippen molar-refractivity contribution >= 4 is 19.3 Å². The molecule has 2 aromatic rings. The van der Waals surface area contributed by atoms with Gasteiger partial charge in [0.1, 0.15) is 5.02 Å². The molecule has 1 aliphatic rings. The summed E-state index contributed by atoms with van der Waals surface area (Å²) in [4.78, 5) is 0. The fourth-order valence-corrected chi connectivity index (χ4v) is 1.73. The Morgan fingerprint density at radius 1 is 0.950 bits per heavy atom. The van der Waals surface area contributed by atoms with Crippen molar-refractivity contribution in [3.8, 4) is 0 Å². The van der Waals surface area contributed by atoms with Gasteiger partial charge in [0.2, 0.25) is 0 Å². The maximum atomic E-state index is 11.4. The van der Waals surface area contributed by atoms with E-state index in [0.717, 1.165) is 11.4 Å². The fourth-order valence-electron chi connectivity index (χ4n) is 1.38. The summed E-state index contributed by atoms with van der Waals surface area (Å²) in [6.45, 7) is 0. The van der Waals surface area contributed by atoms with Crippen LogP contribution in [0.4, 0.5) is 15.6 Å². The van der Waals surface area contributed by atoms with Crippen LogP contribution in [0.2, 0.25) is 0 Å².